The van der Waals surface area contributed by atoms with Crippen LogP contribution >= 0.6 is 15.9 Å². The fourth-order valence-electron chi connectivity index (χ4n) is 2.02. The maximum Gasteiger partial charge on any atom is 0.319 e. The minimum Gasteiger partial charge on any atom is -0.465 e. The molecule has 1 atom stereocenters. The van der Waals surface area contributed by atoms with E-state index in [9.17, 15) is 9.59 Å². The predicted octanol–water partition coefficient (Wildman–Crippen LogP) is 3.29. The smallest absolute Gasteiger partial charge is 0.319 e. The molecular weight excluding hydrogens is 334 g/mol. The first-order chi connectivity index (χ1) is 9.75. The minimum absolute atomic E-state index is 0.268. The van der Waals surface area contributed by atoms with Crippen LogP contribution in [-0.2, 0) is 20.9 Å². The van der Waals surface area contributed by atoms with Crippen LogP contribution in [0.25, 0.3) is 0 Å². The van der Waals surface area contributed by atoms with E-state index in [1.807, 2.05) is 45.0 Å². The zero-order chi connectivity index (χ0) is 16.0. The summed E-state index contributed by atoms with van der Waals surface area (Å²) in [5.41, 5.74) is 0.474. The first-order valence-corrected chi connectivity index (χ1v) is 7.73. The van der Waals surface area contributed by atoms with Crippen LogP contribution in [0.3, 0.4) is 0 Å². The van der Waals surface area contributed by atoms with Crippen molar-refractivity contribution in [3.05, 3.63) is 34.3 Å². The molecular formula is C16H22BrNO3. The normalized spacial score (nSPS) is 12.6. The van der Waals surface area contributed by atoms with E-state index in [4.69, 9.17) is 4.74 Å². The molecule has 0 bridgehead atoms. The summed E-state index contributed by atoms with van der Waals surface area (Å²) in [6.45, 7) is 7.94. The molecule has 1 aromatic carbocycles. The summed E-state index contributed by atoms with van der Waals surface area (Å²) in [7, 11) is 0. The Morgan fingerprint density at radius 2 is 2.00 bits per heavy atom. The van der Waals surface area contributed by atoms with Crippen LogP contribution in [-0.4, -0.2) is 18.5 Å². The van der Waals surface area contributed by atoms with E-state index in [-0.39, 0.29) is 12.5 Å². The summed E-state index contributed by atoms with van der Waals surface area (Å²) in [5, 5.41) is 2.81. The van der Waals surface area contributed by atoms with Crippen molar-refractivity contribution in [3.63, 3.8) is 0 Å². The number of amides is 1. The summed E-state index contributed by atoms with van der Waals surface area (Å²) >= 11 is 3.39. The molecule has 0 spiro atoms. The molecule has 0 aliphatic heterocycles. The van der Waals surface area contributed by atoms with Gasteiger partial charge in [-0.1, -0.05) is 48.8 Å². The third-order valence-corrected chi connectivity index (χ3v) is 3.50. The van der Waals surface area contributed by atoms with E-state index in [0.29, 0.717) is 6.54 Å². The molecule has 4 nitrogen and oxygen atoms in total. The molecule has 0 saturated heterocycles. The Morgan fingerprint density at radius 1 is 1.33 bits per heavy atom. The predicted molar refractivity (Wildman–Crippen MR) is 85.6 cm³/mol. The first-order valence-electron chi connectivity index (χ1n) is 6.94. The molecule has 1 rings (SSSR count). The van der Waals surface area contributed by atoms with Crippen LogP contribution in [0.5, 0.6) is 0 Å². The number of rotatable bonds is 5. The van der Waals surface area contributed by atoms with Gasteiger partial charge in [-0.25, -0.2) is 0 Å². The van der Waals surface area contributed by atoms with E-state index >= 15 is 0 Å². The Kier molecular flexibility index (Phi) is 6.40. The Bertz CT molecular complexity index is 508. The highest BCUT2D eigenvalue weighted by molar-refractivity contribution is 9.10. The van der Waals surface area contributed by atoms with Crippen LogP contribution in [0.4, 0.5) is 0 Å². The second kappa shape index (κ2) is 7.59. The van der Waals surface area contributed by atoms with Gasteiger partial charge in [0, 0.05) is 11.0 Å². The SMILES string of the molecule is CCOC(=O)C(C(=O)NCc1cccc(Br)c1)C(C)(C)C. The van der Waals surface area contributed by atoms with Crippen LogP contribution in [0.15, 0.2) is 28.7 Å². The van der Waals surface area contributed by atoms with Gasteiger partial charge >= 0.3 is 5.97 Å². The van der Waals surface area contributed by atoms with Crippen molar-refractivity contribution < 1.29 is 14.3 Å². The van der Waals surface area contributed by atoms with E-state index in [1.165, 1.54) is 0 Å². The molecule has 1 amide bonds. The number of carbonyl (C=O) groups excluding carboxylic acids is 2. The summed E-state index contributed by atoms with van der Waals surface area (Å²) < 4.78 is 5.97. The number of halogens is 1. The molecule has 0 radical (unpaired) electrons. The fraction of sp³-hybridized carbons (Fsp3) is 0.500. The van der Waals surface area contributed by atoms with Crippen LogP contribution in [0.2, 0.25) is 0 Å². The number of carbonyl (C=O) groups is 2. The molecule has 0 aliphatic rings. The van der Waals surface area contributed by atoms with Crippen molar-refractivity contribution >= 4 is 27.8 Å². The van der Waals surface area contributed by atoms with Gasteiger partial charge in [0.2, 0.25) is 5.91 Å². The van der Waals surface area contributed by atoms with Crippen molar-refractivity contribution in [2.45, 2.75) is 34.2 Å². The first kappa shape index (κ1) is 17.7. The van der Waals surface area contributed by atoms with Crippen molar-refractivity contribution in [2.24, 2.45) is 11.3 Å². The van der Waals surface area contributed by atoms with Gasteiger partial charge in [0.05, 0.1) is 6.61 Å². The number of esters is 1. The summed E-state index contributed by atoms with van der Waals surface area (Å²) in [5.74, 6) is -1.60. The van der Waals surface area contributed by atoms with Gasteiger partial charge in [0.25, 0.3) is 0 Å². The third kappa shape index (κ3) is 5.50. The van der Waals surface area contributed by atoms with Crippen LogP contribution in [0.1, 0.15) is 33.3 Å². The number of benzene rings is 1. The van der Waals surface area contributed by atoms with Gasteiger partial charge in [-0.05, 0) is 30.0 Å². The number of hydrogen-bond donors (Lipinski definition) is 1. The molecule has 0 fully saturated rings. The van der Waals surface area contributed by atoms with Gasteiger partial charge in [-0.3, -0.25) is 9.59 Å². The van der Waals surface area contributed by atoms with Crippen molar-refractivity contribution in [1.82, 2.24) is 5.32 Å². The number of hydrogen-bond acceptors (Lipinski definition) is 3. The lowest BCUT2D eigenvalue weighted by atomic mass is 9.80. The zero-order valence-electron chi connectivity index (χ0n) is 12.9. The van der Waals surface area contributed by atoms with Crippen molar-refractivity contribution in [1.29, 1.82) is 0 Å². The second-order valence-electron chi connectivity index (χ2n) is 5.90. The van der Waals surface area contributed by atoms with E-state index in [2.05, 4.69) is 21.2 Å². The molecule has 0 aromatic heterocycles. The summed E-state index contributed by atoms with van der Waals surface area (Å²) in [4.78, 5) is 24.3. The van der Waals surface area contributed by atoms with E-state index < -0.39 is 17.3 Å². The number of ether oxygens (including phenoxy) is 1. The van der Waals surface area contributed by atoms with E-state index in [0.717, 1.165) is 10.0 Å². The van der Waals surface area contributed by atoms with Crippen LogP contribution in [0, 0.1) is 11.3 Å². The van der Waals surface area contributed by atoms with Crippen molar-refractivity contribution in [3.8, 4) is 0 Å². The Hall–Kier alpha value is -1.36. The largest absolute Gasteiger partial charge is 0.465 e. The zero-order valence-corrected chi connectivity index (χ0v) is 14.5. The fourth-order valence-corrected chi connectivity index (χ4v) is 2.46. The Labute approximate surface area is 134 Å². The van der Waals surface area contributed by atoms with Gasteiger partial charge in [-0.15, -0.1) is 0 Å². The highest BCUT2D eigenvalue weighted by atomic mass is 79.9. The van der Waals surface area contributed by atoms with E-state index in [1.54, 1.807) is 6.92 Å². The molecule has 5 heteroatoms. The molecule has 1 aromatic rings. The summed E-state index contributed by atoms with van der Waals surface area (Å²) in [6.07, 6.45) is 0. The highest BCUT2D eigenvalue weighted by Gasteiger charge is 2.38. The molecule has 1 N–H and O–H groups in total. The standard InChI is InChI=1S/C16H22BrNO3/c1-5-21-15(20)13(16(2,3)4)14(19)18-10-11-7-6-8-12(17)9-11/h6-9,13H,5,10H2,1-4H3,(H,18,19). The average molecular weight is 356 g/mol. The monoisotopic (exact) mass is 355 g/mol. The lowest BCUT2D eigenvalue weighted by Crippen LogP contribution is -2.43. The molecule has 0 saturated carbocycles. The molecule has 21 heavy (non-hydrogen) atoms. The average Bonchev–Trinajstić information content (AvgIpc) is 2.35. The van der Waals surface area contributed by atoms with Gasteiger partial charge in [-0.2, -0.15) is 0 Å². The lowest BCUT2D eigenvalue weighted by Gasteiger charge is -2.27. The molecule has 0 heterocycles. The highest BCUT2D eigenvalue weighted by Crippen LogP contribution is 2.27. The van der Waals surface area contributed by atoms with Crippen LogP contribution < -0.4 is 5.32 Å². The Balaban J connectivity index is 2.75. The molecule has 1 unspecified atom stereocenters. The maximum atomic E-state index is 12.3. The van der Waals surface area contributed by atoms with Gasteiger partial charge in [0.15, 0.2) is 0 Å². The molecule has 0 aliphatic carbocycles. The topological polar surface area (TPSA) is 55.4 Å². The summed E-state index contributed by atoms with van der Waals surface area (Å²) in [6, 6.07) is 7.66. The third-order valence-electron chi connectivity index (χ3n) is 3.01. The Morgan fingerprint density at radius 3 is 2.52 bits per heavy atom. The maximum absolute atomic E-state index is 12.3. The van der Waals surface area contributed by atoms with Gasteiger partial charge < -0.3 is 10.1 Å². The minimum atomic E-state index is -0.815. The molecule has 116 valence electrons. The second-order valence-corrected chi connectivity index (χ2v) is 6.81. The quantitative estimate of drug-likeness (QED) is 0.651. The number of nitrogens with one attached hydrogen (secondary N) is 1. The van der Waals surface area contributed by atoms with Crippen molar-refractivity contribution in [2.75, 3.05) is 6.61 Å². The van der Waals surface area contributed by atoms with Gasteiger partial charge in [0.1, 0.15) is 5.92 Å². The lowest BCUT2D eigenvalue weighted by molar-refractivity contribution is -0.156.